The van der Waals surface area contributed by atoms with Crippen LogP contribution < -0.4 is 14.4 Å². The number of amides is 1. The van der Waals surface area contributed by atoms with Crippen LogP contribution in [-0.4, -0.2) is 60.6 Å². The van der Waals surface area contributed by atoms with Crippen molar-refractivity contribution in [2.75, 3.05) is 45.3 Å². The summed E-state index contributed by atoms with van der Waals surface area (Å²) in [7, 11) is 3.16. The Morgan fingerprint density at radius 2 is 1.65 bits per heavy atom. The van der Waals surface area contributed by atoms with Crippen molar-refractivity contribution >= 4 is 22.6 Å². The number of methoxy groups -OCH3 is 2. The number of ether oxygens (including phenoxy) is 2. The first-order chi connectivity index (χ1) is 15.1. The number of aromatic nitrogens is 2. The number of aryl methyl sites for hydroxylation is 1. The molecule has 7 nitrogen and oxygen atoms in total. The molecule has 0 bridgehead atoms. The Morgan fingerprint density at radius 1 is 1.00 bits per heavy atom. The lowest BCUT2D eigenvalue weighted by Gasteiger charge is -2.34. The summed E-state index contributed by atoms with van der Waals surface area (Å²) >= 11 is 1.42. The summed E-state index contributed by atoms with van der Waals surface area (Å²) in [6.45, 7) is 4.80. The fourth-order valence-corrected chi connectivity index (χ4v) is 4.28. The van der Waals surface area contributed by atoms with Gasteiger partial charge in [-0.3, -0.25) is 4.79 Å². The highest BCUT2D eigenvalue weighted by molar-refractivity contribution is 7.09. The van der Waals surface area contributed by atoms with Crippen molar-refractivity contribution in [3.05, 3.63) is 65.0 Å². The zero-order valence-corrected chi connectivity index (χ0v) is 18.8. The van der Waals surface area contributed by atoms with Crippen LogP contribution in [0.25, 0.3) is 0 Å². The van der Waals surface area contributed by atoms with Gasteiger partial charge in [-0.15, -0.1) is 0 Å². The SMILES string of the molecule is COc1cc(OC)cc(C(=O)N2CCN(c3nc(Cc4ccc(C)cc4)ns3)CC2)c1. The lowest BCUT2D eigenvalue weighted by atomic mass is 10.1. The first-order valence-electron chi connectivity index (χ1n) is 10.2. The summed E-state index contributed by atoms with van der Waals surface area (Å²) in [4.78, 5) is 21.8. The predicted molar refractivity (Wildman–Crippen MR) is 122 cm³/mol. The lowest BCUT2D eigenvalue weighted by Crippen LogP contribution is -2.48. The van der Waals surface area contributed by atoms with E-state index in [0.29, 0.717) is 30.2 Å². The molecule has 4 rings (SSSR count). The molecule has 1 amide bonds. The van der Waals surface area contributed by atoms with Crippen molar-refractivity contribution < 1.29 is 14.3 Å². The molecule has 1 aromatic heterocycles. The molecule has 1 saturated heterocycles. The maximum Gasteiger partial charge on any atom is 0.254 e. The third-order valence-corrected chi connectivity index (χ3v) is 6.19. The minimum Gasteiger partial charge on any atom is -0.497 e. The number of piperazine rings is 1. The van der Waals surface area contributed by atoms with E-state index < -0.39 is 0 Å². The zero-order valence-electron chi connectivity index (χ0n) is 18.0. The van der Waals surface area contributed by atoms with Gasteiger partial charge in [0.15, 0.2) is 0 Å². The van der Waals surface area contributed by atoms with Crippen molar-refractivity contribution in [1.29, 1.82) is 0 Å². The Balaban J connectivity index is 1.37. The van der Waals surface area contributed by atoms with E-state index in [1.807, 2.05) is 4.90 Å². The van der Waals surface area contributed by atoms with Gasteiger partial charge in [-0.05, 0) is 24.6 Å². The van der Waals surface area contributed by atoms with Gasteiger partial charge in [0.25, 0.3) is 5.91 Å². The molecule has 162 valence electrons. The highest BCUT2D eigenvalue weighted by atomic mass is 32.1. The number of carbonyl (C=O) groups excluding carboxylic acids is 1. The molecule has 0 N–H and O–H groups in total. The van der Waals surface area contributed by atoms with E-state index in [1.54, 1.807) is 32.4 Å². The van der Waals surface area contributed by atoms with E-state index in [-0.39, 0.29) is 5.91 Å². The molecule has 1 fully saturated rings. The summed E-state index contributed by atoms with van der Waals surface area (Å²) in [6.07, 6.45) is 0.729. The monoisotopic (exact) mass is 438 g/mol. The molecular formula is C23H26N4O3S. The number of nitrogens with zero attached hydrogens (tertiary/aromatic N) is 4. The van der Waals surface area contributed by atoms with Crippen molar-refractivity contribution in [3.63, 3.8) is 0 Å². The van der Waals surface area contributed by atoms with Crippen LogP contribution in [0.4, 0.5) is 5.13 Å². The maximum absolute atomic E-state index is 13.0. The highest BCUT2D eigenvalue weighted by Gasteiger charge is 2.25. The molecule has 0 radical (unpaired) electrons. The largest absolute Gasteiger partial charge is 0.497 e. The third-order valence-electron chi connectivity index (χ3n) is 5.38. The van der Waals surface area contributed by atoms with Crippen molar-refractivity contribution in [1.82, 2.24) is 14.3 Å². The number of hydrogen-bond donors (Lipinski definition) is 0. The van der Waals surface area contributed by atoms with Gasteiger partial charge >= 0.3 is 0 Å². The van der Waals surface area contributed by atoms with Gasteiger partial charge in [0.1, 0.15) is 17.3 Å². The molecule has 8 heteroatoms. The Bertz CT molecular complexity index is 1020. The van der Waals surface area contributed by atoms with E-state index >= 15 is 0 Å². The zero-order chi connectivity index (χ0) is 21.8. The first-order valence-corrected chi connectivity index (χ1v) is 11.0. The van der Waals surface area contributed by atoms with E-state index in [9.17, 15) is 4.79 Å². The molecular weight excluding hydrogens is 412 g/mol. The standard InChI is InChI=1S/C23H26N4O3S/c1-16-4-6-17(7-5-16)12-21-24-23(31-25-21)27-10-8-26(9-11-27)22(28)18-13-19(29-2)15-20(14-18)30-3/h4-7,13-15H,8-12H2,1-3H3. The minimum atomic E-state index is -0.0193. The van der Waals surface area contributed by atoms with Gasteiger partial charge in [0.05, 0.1) is 14.2 Å². The summed E-state index contributed by atoms with van der Waals surface area (Å²) in [5, 5.41) is 0.914. The van der Waals surface area contributed by atoms with Gasteiger partial charge < -0.3 is 19.3 Å². The molecule has 1 aliphatic rings. The second-order valence-electron chi connectivity index (χ2n) is 7.54. The van der Waals surface area contributed by atoms with Crippen LogP contribution >= 0.6 is 11.5 Å². The fourth-order valence-electron chi connectivity index (χ4n) is 3.55. The predicted octanol–water partition coefficient (Wildman–Crippen LogP) is 3.42. The second-order valence-corrected chi connectivity index (χ2v) is 8.27. The van der Waals surface area contributed by atoms with E-state index in [1.165, 1.54) is 22.7 Å². The average molecular weight is 439 g/mol. The summed E-state index contributed by atoms with van der Waals surface area (Å²) < 4.78 is 15.1. The Labute approximate surface area is 186 Å². The topological polar surface area (TPSA) is 67.8 Å². The van der Waals surface area contributed by atoms with Crippen LogP contribution in [-0.2, 0) is 6.42 Å². The van der Waals surface area contributed by atoms with Gasteiger partial charge in [-0.1, -0.05) is 29.8 Å². The van der Waals surface area contributed by atoms with Crippen molar-refractivity contribution in [2.45, 2.75) is 13.3 Å². The number of anilines is 1. The van der Waals surface area contributed by atoms with Crippen LogP contribution in [0.3, 0.4) is 0 Å². The quantitative estimate of drug-likeness (QED) is 0.588. The molecule has 1 aliphatic heterocycles. The first kappa shape index (κ1) is 21.1. The Hall–Kier alpha value is -3.13. The molecule has 0 atom stereocenters. The lowest BCUT2D eigenvalue weighted by molar-refractivity contribution is 0.0746. The van der Waals surface area contributed by atoms with Gasteiger partial charge in [0, 0.05) is 55.8 Å². The van der Waals surface area contributed by atoms with Crippen LogP contribution in [0.1, 0.15) is 27.3 Å². The van der Waals surface area contributed by atoms with E-state index in [2.05, 4.69) is 40.5 Å². The Morgan fingerprint density at radius 3 is 2.26 bits per heavy atom. The van der Waals surface area contributed by atoms with Gasteiger partial charge in [-0.2, -0.15) is 4.37 Å². The summed E-state index contributed by atoms with van der Waals surface area (Å²) in [5.41, 5.74) is 3.02. The minimum absolute atomic E-state index is 0.0193. The molecule has 3 aromatic rings. The molecule has 2 heterocycles. The van der Waals surface area contributed by atoms with Crippen LogP contribution in [0.5, 0.6) is 11.5 Å². The van der Waals surface area contributed by atoms with E-state index in [4.69, 9.17) is 14.5 Å². The number of hydrogen-bond acceptors (Lipinski definition) is 7. The third kappa shape index (κ3) is 4.96. The molecule has 0 aliphatic carbocycles. The van der Waals surface area contributed by atoms with Crippen LogP contribution in [0, 0.1) is 6.92 Å². The number of benzene rings is 2. The maximum atomic E-state index is 13.0. The van der Waals surface area contributed by atoms with Crippen LogP contribution in [0.15, 0.2) is 42.5 Å². The highest BCUT2D eigenvalue weighted by Crippen LogP contribution is 2.25. The second kappa shape index (κ2) is 9.34. The van der Waals surface area contributed by atoms with E-state index in [0.717, 1.165) is 30.5 Å². The average Bonchev–Trinajstić information content (AvgIpc) is 3.28. The summed E-state index contributed by atoms with van der Waals surface area (Å²) in [5.74, 6) is 2.03. The normalized spacial score (nSPS) is 13.9. The summed E-state index contributed by atoms with van der Waals surface area (Å²) in [6, 6.07) is 13.7. The van der Waals surface area contributed by atoms with Crippen LogP contribution in [0.2, 0.25) is 0 Å². The number of carbonyl (C=O) groups is 1. The van der Waals surface area contributed by atoms with Gasteiger partial charge in [0.2, 0.25) is 5.13 Å². The smallest absolute Gasteiger partial charge is 0.254 e. The molecule has 2 aromatic carbocycles. The van der Waals surface area contributed by atoms with Crippen molar-refractivity contribution in [3.8, 4) is 11.5 Å². The molecule has 0 saturated carbocycles. The molecule has 31 heavy (non-hydrogen) atoms. The molecule has 0 spiro atoms. The van der Waals surface area contributed by atoms with Crippen molar-refractivity contribution in [2.24, 2.45) is 0 Å². The molecule has 0 unspecified atom stereocenters. The van der Waals surface area contributed by atoms with Gasteiger partial charge in [-0.25, -0.2) is 4.98 Å². The fraction of sp³-hybridized carbons (Fsp3) is 0.348. The Kier molecular flexibility index (Phi) is 6.36. The number of rotatable bonds is 6.